The molecule has 0 bridgehead atoms. The summed E-state index contributed by atoms with van der Waals surface area (Å²) in [5.74, 6) is 0. The Balaban J connectivity index is 0. The Morgan fingerprint density at radius 1 is 1.10 bits per heavy atom. The van der Waals surface area contributed by atoms with Gasteiger partial charge in [0.25, 0.3) is 0 Å². The molecule has 0 atom stereocenters. The lowest BCUT2D eigenvalue weighted by molar-refractivity contribution is 0.162. The maximum Gasteiger partial charge on any atom is 0.0695 e. The van der Waals surface area contributed by atoms with Crippen molar-refractivity contribution in [2.24, 2.45) is 0 Å². The van der Waals surface area contributed by atoms with Gasteiger partial charge in [-0.3, -0.25) is 0 Å². The van der Waals surface area contributed by atoms with Gasteiger partial charge in [-0.05, 0) is 20.3 Å². The number of halogens is 2. The maximum atomic E-state index is 4.83. The number of hydrogen-bond donors (Lipinski definition) is 0. The summed E-state index contributed by atoms with van der Waals surface area (Å²) in [6.07, 6.45) is 1.14. The van der Waals surface area contributed by atoms with E-state index in [1.54, 1.807) is 0 Å². The first kappa shape index (κ1) is 13.5. The van der Waals surface area contributed by atoms with Crippen LogP contribution >= 0.6 is 31.9 Å². The second kappa shape index (κ2) is 12.6. The molecule has 0 saturated carbocycles. The zero-order valence-corrected chi connectivity index (χ0v) is 10.0. The number of ether oxygens (including phenoxy) is 1. The van der Waals surface area contributed by atoms with Gasteiger partial charge in [-0.1, -0.05) is 38.8 Å². The third-order valence-corrected chi connectivity index (χ3v) is 2.01. The van der Waals surface area contributed by atoms with Gasteiger partial charge in [0.05, 0.1) is 3.74 Å². The van der Waals surface area contributed by atoms with Crippen LogP contribution in [-0.4, -0.2) is 17.0 Å². The normalized spacial score (nSPS) is 9.00. The van der Waals surface area contributed by atoms with E-state index in [1.807, 2.05) is 13.8 Å². The van der Waals surface area contributed by atoms with Crippen molar-refractivity contribution in [2.75, 3.05) is 13.2 Å². The van der Waals surface area contributed by atoms with Gasteiger partial charge in [-0.15, -0.1) is 0 Å². The lowest BCUT2D eigenvalue weighted by Crippen LogP contribution is -1.84. The highest BCUT2D eigenvalue weighted by atomic mass is 79.9. The summed E-state index contributed by atoms with van der Waals surface area (Å²) in [6.45, 7) is 7.77. The Hall–Kier alpha value is 0.920. The molecule has 0 N–H and O–H groups in total. The fraction of sp³-hybridized carbons (Fsp3) is 1.00. The van der Waals surface area contributed by atoms with Crippen molar-refractivity contribution < 1.29 is 4.74 Å². The molecule has 0 aliphatic carbocycles. The Kier molecular flexibility index (Phi) is 17.0. The van der Waals surface area contributed by atoms with E-state index in [1.165, 1.54) is 0 Å². The van der Waals surface area contributed by atoms with Crippen molar-refractivity contribution in [3.63, 3.8) is 0 Å². The van der Waals surface area contributed by atoms with Gasteiger partial charge in [0.2, 0.25) is 0 Å². The quantitative estimate of drug-likeness (QED) is 0.716. The van der Waals surface area contributed by atoms with Crippen LogP contribution in [0, 0.1) is 0 Å². The van der Waals surface area contributed by atoms with Gasteiger partial charge in [0, 0.05) is 13.2 Å². The van der Waals surface area contributed by atoms with E-state index in [-0.39, 0.29) is 0 Å². The van der Waals surface area contributed by atoms with Gasteiger partial charge >= 0.3 is 0 Å². The van der Waals surface area contributed by atoms with Crippen LogP contribution in [0.15, 0.2) is 0 Å². The van der Waals surface area contributed by atoms with E-state index in [2.05, 4.69) is 38.8 Å². The number of hydrogen-bond acceptors (Lipinski definition) is 1. The zero-order chi connectivity index (χ0) is 8.41. The minimum atomic E-state index is 0.509. The third-order valence-electron chi connectivity index (χ3n) is 0.717. The first-order valence-corrected chi connectivity index (χ1v) is 5.37. The molecular weight excluding hydrogens is 260 g/mol. The third kappa shape index (κ3) is 23.1. The fourth-order valence-electron chi connectivity index (χ4n) is 0.204. The molecule has 0 radical (unpaired) electrons. The largest absolute Gasteiger partial charge is 0.382 e. The summed E-state index contributed by atoms with van der Waals surface area (Å²) >= 11 is 6.58. The molecule has 1 nitrogen and oxygen atoms in total. The van der Waals surface area contributed by atoms with Crippen molar-refractivity contribution in [1.29, 1.82) is 0 Å². The predicted molar refractivity (Wildman–Crippen MR) is 54.1 cm³/mol. The van der Waals surface area contributed by atoms with Gasteiger partial charge in [0.1, 0.15) is 0 Å². The number of rotatable bonds is 3. The van der Waals surface area contributed by atoms with E-state index < -0.39 is 0 Å². The zero-order valence-electron chi connectivity index (χ0n) is 6.86. The second-order valence-electron chi connectivity index (χ2n) is 1.58. The van der Waals surface area contributed by atoms with E-state index >= 15 is 0 Å². The molecule has 64 valence electrons. The molecule has 0 aromatic rings. The van der Waals surface area contributed by atoms with Crippen LogP contribution in [0.1, 0.15) is 27.2 Å². The lowest BCUT2D eigenvalue weighted by Gasteiger charge is -1.86. The predicted octanol–water partition coefficient (Wildman–Crippen LogP) is 3.56. The van der Waals surface area contributed by atoms with Crippen molar-refractivity contribution in [1.82, 2.24) is 0 Å². The standard InChI is InChI=1S/C4H10O.C3H6Br2/c1-3-5-4-2;1-2-3(4)5/h3-4H2,1-2H3;3H,2H2,1H3. The summed E-state index contributed by atoms with van der Waals surface area (Å²) in [5, 5.41) is 0. The first-order valence-electron chi connectivity index (χ1n) is 3.54. The molecule has 10 heavy (non-hydrogen) atoms. The molecule has 0 fully saturated rings. The molecule has 3 heteroatoms. The topological polar surface area (TPSA) is 9.23 Å². The molecule has 0 aromatic carbocycles. The van der Waals surface area contributed by atoms with Crippen LogP contribution in [0.2, 0.25) is 0 Å². The molecule has 0 unspecified atom stereocenters. The van der Waals surface area contributed by atoms with Crippen LogP contribution in [0.5, 0.6) is 0 Å². The molecule has 0 aromatic heterocycles. The van der Waals surface area contributed by atoms with E-state index in [9.17, 15) is 0 Å². The highest BCUT2D eigenvalue weighted by Gasteiger charge is 1.85. The van der Waals surface area contributed by atoms with E-state index in [0.717, 1.165) is 19.6 Å². The minimum Gasteiger partial charge on any atom is -0.382 e. The first-order chi connectivity index (χ1) is 4.68. The van der Waals surface area contributed by atoms with Crippen molar-refractivity contribution >= 4 is 31.9 Å². The summed E-state index contributed by atoms with van der Waals surface area (Å²) in [7, 11) is 0. The molecular formula is C7H16Br2O. The average Bonchev–Trinajstić information content (AvgIpc) is 1.91. The maximum absolute atomic E-state index is 4.83. The van der Waals surface area contributed by atoms with Crippen LogP contribution in [0.4, 0.5) is 0 Å². The molecule has 0 aliphatic rings. The summed E-state index contributed by atoms with van der Waals surface area (Å²) in [4.78, 5) is 0. The summed E-state index contributed by atoms with van der Waals surface area (Å²) in [6, 6.07) is 0. The number of alkyl halides is 2. The van der Waals surface area contributed by atoms with Crippen LogP contribution in [-0.2, 0) is 4.74 Å². The Bertz CT molecular complexity index is 46.9. The van der Waals surface area contributed by atoms with Gasteiger partial charge in [0.15, 0.2) is 0 Å². The van der Waals surface area contributed by atoms with Crippen molar-refractivity contribution in [2.45, 2.75) is 30.9 Å². The van der Waals surface area contributed by atoms with Gasteiger partial charge < -0.3 is 4.74 Å². The molecule has 0 heterocycles. The van der Waals surface area contributed by atoms with Crippen LogP contribution in [0.3, 0.4) is 0 Å². The van der Waals surface area contributed by atoms with Crippen molar-refractivity contribution in [3.05, 3.63) is 0 Å². The van der Waals surface area contributed by atoms with Crippen LogP contribution in [0.25, 0.3) is 0 Å². The van der Waals surface area contributed by atoms with E-state index in [4.69, 9.17) is 4.74 Å². The smallest absolute Gasteiger partial charge is 0.0695 e. The SMILES string of the molecule is CCC(Br)Br.CCOCC. The van der Waals surface area contributed by atoms with Crippen molar-refractivity contribution in [3.8, 4) is 0 Å². The monoisotopic (exact) mass is 274 g/mol. The molecule has 0 amide bonds. The highest BCUT2D eigenvalue weighted by Crippen LogP contribution is 2.10. The Labute approximate surface area is 80.8 Å². The summed E-state index contributed by atoms with van der Waals surface area (Å²) in [5.41, 5.74) is 0. The second-order valence-corrected chi connectivity index (χ2v) is 5.02. The van der Waals surface area contributed by atoms with E-state index in [0.29, 0.717) is 3.74 Å². The summed E-state index contributed by atoms with van der Waals surface area (Å²) < 4.78 is 5.34. The Morgan fingerprint density at radius 2 is 1.40 bits per heavy atom. The average molecular weight is 276 g/mol. The van der Waals surface area contributed by atoms with Gasteiger partial charge in [-0.25, -0.2) is 0 Å². The Morgan fingerprint density at radius 3 is 1.40 bits per heavy atom. The van der Waals surface area contributed by atoms with Crippen LogP contribution < -0.4 is 0 Å². The molecule has 0 rings (SSSR count). The lowest BCUT2D eigenvalue weighted by atomic mass is 10.6. The highest BCUT2D eigenvalue weighted by molar-refractivity contribution is 9.24. The fourth-order valence-corrected chi connectivity index (χ4v) is 0.204. The molecule has 0 aliphatic heterocycles. The molecule has 0 saturated heterocycles. The molecule has 0 spiro atoms. The minimum absolute atomic E-state index is 0.509. The van der Waals surface area contributed by atoms with Gasteiger partial charge in [-0.2, -0.15) is 0 Å².